The summed E-state index contributed by atoms with van der Waals surface area (Å²) in [6.45, 7) is 3.52. The number of ether oxygens (including phenoxy) is 1. The first kappa shape index (κ1) is 21.6. The molecule has 0 saturated heterocycles. The molecule has 158 valence electrons. The molecule has 0 aliphatic rings. The second kappa shape index (κ2) is 8.31. The van der Waals surface area contributed by atoms with E-state index < -0.39 is 30.0 Å². The number of aryl methyl sites for hydroxylation is 1. The van der Waals surface area contributed by atoms with E-state index in [-0.39, 0.29) is 11.2 Å². The van der Waals surface area contributed by atoms with Crippen LogP contribution in [0.4, 0.5) is 13.2 Å². The molecule has 6 nitrogen and oxygen atoms in total. The summed E-state index contributed by atoms with van der Waals surface area (Å²) in [5.74, 6) is -2.16. The van der Waals surface area contributed by atoms with Crippen molar-refractivity contribution in [2.24, 2.45) is 4.99 Å². The molecule has 3 aromatic rings. The molecule has 1 heterocycles. The lowest BCUT2D eigenvalue weighted by Crippen LogP contribution is -2.27. The first-order valence-corrected chi connectivity index (χ1v) is 9.70. The smallest absolute Gasteiger partial charge is 0.480 e. The zero-order chi connectivity index (χ0) is 22.1. The maximum atomic E-state index is 12.6. The van der Waals surface area contributed by atoms with Crippen molar-refractivity contribution >= 4 is 33.4 Å². The van der Waals surface area contributed by atoms with Gasteiger partial charge in [0.1, 0.15) is 11.8 Å². The minimum absolute atomic E-state index is 0.0778. The average Bonchev–Trinajstić information content (AvgIpc) is 2.98. The molecular weight excluding hydrogens is 421 g/mol. The van der Waals surface area contributed by atoms with Crippen molar-refractivity contribution in [3.8, 4) is 5.75 Å². The van der Waals surface area contributed by atoms with Crippen molar-refractivity contribution < 1.29 is 32.6 Å². The summed E-state index contributed by atoms with van der Waals surface area (Å²) in [7, 11) is 0. The molecule has 1 unspecified atom stereocenters. The Morgan fingerprint density at radius 2 is 1.87 bits per heavy atom. The zero-order valence-electron chi connectivity index (χ0n) is 15.9. The third kappa shape index (κ3) is 4.70. The van der Waals surface area contributed by atoms with Crippen LogP contribution < -0.4 is 9.54 Å². The molecule has 30 heavy (non-hydrogen) atoms. The van der Waals surface area contributed by atoms with E-state index in [1.807, 2.05) is 6.92 Å². The van der Waals surface area contributed by atoms with E-state index >= 15 is 0 Å². The molecule has 0 saturated carbocycles. The number of rotatable bonds is 5. The second-order valence-electron chi connectivity index (χ2n) is 6.48. The minimum Gasteiger partial charge on any atom is -0.480 e. The van der Waals surface area contributed by atoms with Gasteiger partial charge in [0.2, 0.25) is 0 Å². The van der Waals surface area contributed by atoms with Gasteiger partial charge in [0.25, 0.3) is 5.91 Å². The van der Waals surface area contributed by atoms with Gasteiger partial charge >= 0.3 is 12.3 Å². The van der Waals surface area contributed by atoms with Gasteiger partial charge in [0.05, 0.1) is 10.2 Å². The van der Waals surface area contributed by atoms with Crippen LogP contribution in [0.5, 0.6) is 5.75 Å². The molecule has 1 N–H and O–H groups in total. The number of benzene rings is 2. The topological polar surface area (TPSA) is 80.9 Å². The fourth-order valence-electron chi connectivity index (χ4n) is 2.92. The summed E-state index contributed by atoms with van der Waals surface area (Å²) in [5, 5.41) is 9.60. The Labute approximate surface area is 172 Å². The molecule has 1 aromatic heterocycles. The monoisotopic (exact) mass is 438 g/mol. The Morgan fingerprint density at radius 1 is 1.20 bits per heavy atom. The van der Waals surface area contributed by atoms with Crippen LogP contribution in [0.3, 0.4) is 0 Å². The van der Waals surface area contributed by atoms with Gasteiger partial charge in [-0.3, -0.25) is 4.79 Å². The number of alkyl halides is 3. The number of amides is 1. The number of carboxylic acid groups (broad SMARTS) is 1. The predicted molar refractivity (Wildman–Crippen MR) is 105 cm³/mol. The lowest BCUT2D eigenvalue weighted by molar-refractivity contribution is -0.274. The summed E-state index contributed by atoms with van der Waals surface area (Å²) in [4.78, 5) is 28.5. The van der Waals surface area contributed by atoms with Gasteiger partial charge in [-0.1, -0.05) is 36.0 Å². The molecule has 2 aromatic carbocycles. The van der Waals surface area contributed by atoms with E-state index in [1.165, 1.54) is 10.6 Å². The molecular formula is C20H17F3N2O4S. The highest BCUT2D eigenvalue weighted by molar-refractivity contribution is 7.16. The summed E-state index contributed by atoms with van der Waals surface area (Å²) >= 11 is 0.916. The Balaban J connectivity index is 2.18. The van der Waals surface area contributed by atoms with Crippen LogP contribution in [0.2, 0.25) is 0 Å². The molecule has 0 aliphatic carbocycles. The Hall–Kier alpha value is -3.14. The third-order valence-electron chi connectivity index (χ3n) is 4.31. The second-order valence-corrected chi connectivity index (χ2v) is 7.49. The van der Waals surface area contributed by atoms with Gasteiger partial charge in [-0.05, 0) is 43.7 Å². The van der Waals surface area contributed by atoms with Crippen LogP contribution in [0.25, 0.3) is 10.2 Å². The van der Waals surface area contributed by atoms with Crippen LogP contribution in [-0.4, -0.2) is 27.9 Å². The molecule has 1 atom stereocenters. The molecule has 0 radical (unpaired) electrons. The first-order valence-electron chi connectivity index (χ1n) is 8.88. The van der Waals surface area contributed by atoms with E-state index in [2.05, 4.69) is 9.73 Å². The van der Waals surface area contributed by atoms with Gasteiger partial charge in [-0.2, -0.15) is 4.99 Å². The molecule has 1 amide bonds. The lowest BCUT2D eigenvalue weighted by atomic mass is 10.1. The number of fused-ring (bicyclic) bond motifs is 1. The fraction of sp³-hybridized carbons (Fsp3) is 0.250. The van der Waals surface area contributed by atoms with Crippen LogP contribution in [-0.2, 0) is 4.79 Å². The summed E-state index contributed by atoms with van der Waals surface area (Å²) in [6.07, 6.45) is -4.67. The van der Waals surface area contributed by atoms with Crippen LogP contribution in [0, 0.1) is 6.92 Å². The number of hydrogen-bond acceptors (Lipinski definition) is 4. The maximum absolute atomic E-state index is 12.6. The fourth-order valence-corrected chi connectivity index (χ4v) is 4.01. The number of nitrogens with zero attached hydrogens (tertiary/aromatic N) is 2. The van der Waals surface area contributed by atoms with Crippen molar-refractivity contribution in [3.63, 3.8) is 0 Å². The summed E-state index contributed by atoms with van der Waals surface area (Å²) in [6, 6.07) is 9.22. The van der Waals surface area contributed by atoms with Crippen molar-refractivity contribution in [2.45, 2.75) is 32.7 Å². The Kier molecular flexibility index (Phi) is 5.97. The van der Waals surface area contributed by atoms with E-state index in [0.717, 1.165) is 29.0 Å². The van der Waals surface area contributed by atoms with Gasteiger partial charge in [0, 0.05) is 5.56 Å². The molecule has 10 heteroatoms. The SMILES string of the molecule is CCC(C(=O)O)n1/c(=N/C(=O)c2ccc(C)cc2)sc2cc(OC(F)(F)F)ccc21. The van der Waals surface area contributed by atoms with Crippen molar-refractivity contribution in [1.82, 2.24) is 4.57 Å². The zero-order valence-corrected chi connectivity index (χ0v) is 16.8. The molecule has 3 rings (SSSR count). The van der Waals surface area contributed by atoms with Gasteiger partial charge in [-0.15, -0.1) is 13.2 Å². The van der Waals surface area contributed by atoms with E-state index in [1.54, 1.807) is 31.2 Å². The largest absolute Gasteiger partial charge is 0.573 e. The van der Waals surface area contributed by atoms with Gasteiger partial charge in [0.15, 0.2) is 4.80 Å². The van der Waals surface area contributed by atoms with Crippen molar-refractivity contribution in [3.05, 3.63) is 58.4 Å². The standard InChI is InChI=1S/C20H17F3N2O4S/c1-3-14(18(27)28)25-15-9-8-13(29-20(21,22)23)10-16(15)30-19(25)24-17(26)12-6-4-11(2)5-7-12/h4-10,14H,3H2,1-2H3,(H,27,28)/b24-19-. The number of carboxylic acids is 1. The summed E-state index contributed by atoms with van der Waals surface area (Å²) in [5.41, 5.74) is 1.62. The van der Waals surface area contributed by atoms with E-state index in [9.17, 15) is 27.9 Å². The number of thiazole rings is 1. The lowest BCUT2D eigenvalue weighted by Gasteiger charge is -2.14. The van der Waals surface area contributed by atoms with Gasteiger partial charge < -0.3 is 14.4 Å². The predicted octanol–water partition coefficient (Wildman–Crippen LogP) is 4.69. The minimum atomic E-state index is -4.86. The highest BCUT2D eigenvalue weighted by Gasteiger charge is 2.31. The van der Waals surface area contributed by atoms with Crippen molar-refractivity contribution in [1.29, 1.82) is 0 Å². The number of carbonyl (C=O) groups is 2. The normalized spacial score (nSPS) is 13.4. The van der Waals surface area contributed by atoms with E-state index in [0.29, 0.717) is 15.8 Å². The number of aromatic nitrogens is 1. The van der Waals surface area contributed by atoms with Gasteiger partial charge in [-0.25, -0.2) is 4.79 Å². The quantitative estimate of drug-likeness (QED) is 0.627. The van der Waals surface area contributed by atoms with Crippen LogP contribution in [0.1, 0.15) is 35.3 Å². The van der Waals surface area contributed by atoms with Crippen LogP contribution >= 0.6 is 11.3 Å². The highest BCUT2D eigenvalue weighted by atomic mass is 32.1. The average molecular weight is 438 g/mol. The molecule has 0 bridgehead atoms. The van der Waals surface area contributed by atoms with Crippen molar-refractivity contribution in [2.75, 3.05) is 0 Å². The Morgan fingerprint density at radius 3 is 2.43 bits per heavy atom. The third-order valence-corrected chi connectivity index (χ3v) is 5.33. The first-order chi connectivity index (χ1) is 14.1. The molecule has 0 spiro atoms. The maximum Gasteiger partial charge on any atom is 0.573 e. The number of carbonyl (C=O) groups excluding carboxylic acids is 1. The van der Waals surface area contributed by atoms with Crippen LogP contribution in [0.15, 0.2) is 47.5 Å². The number of hydrogen-bond donors (Lipinski definition) is 1. The van der Waals surface area contributed by atoms with E-state index in [4.69, 9.17) is 0 Å². The number of aliphatic carboxylic acids is 1. The Bertz CT molecular complexity index is 1160. The highest BCUT2D eigenvalue weighted by Crippen LogP contribution is 2.29. The molecule has 0 aliphatic heterocycles. The summed E-state index contributed by atoms with van der Waals surface area (Å²) < 4.78 is 43.2. The number of halogens is 3. The molecule has 0 fully saturated rings.